The molecule has 6 rings (SSSR count). The van der Waals surface area contributed by atoms with Crippen LogP contribution in [0.5, 0.6) is 0 Å². The van der Waals surface area contributed by atoms with E-state index in [0.29, 0.717) is 49.2 Å². The Morgan fingerprint density at radius 2 is 1.54 bits per heavy atom. The zero-order valence-electron chi connectivity index (χ0n) is 20.5. The van der Waals surface area contributed by atoms with Crippen LogP contribution in [0.15, 0.2) is 99.4 Å². The number of aliphatic hydroxyl groups is 1. The molecule has 0 unspecified atom stereocenters. The number of fused-ring (bicyclic) bond motifs is 2. The van der Waals surface area contributed by atoms with E-state index in [1.54, 1.807) is 79.7 Å². The maximum Gasteiger partial charge on any atom is 0.294 e. The first-order valence-electron chi connectivity index (χ1n) is 11.9. The van der Waals surface area contributed by atoms with Crippen LogP contribution in [-0.4, -0.2) is 23.1 Å². The maximum atomic E-state index is 13.9. The first-order chi connectivity index (χ1) is 18.6. The summed E-state index contributed by atoms with van der Waals surface area (Å²) in [5.41, 5.74) is 1.04. The van der Waals surface area contributed by atoms with Gasteiger partial charge in [0.1, 0.15) is 5.76 Å². The van der Waals surface area contributed by atoms with Crippen LogP contribution >= 0.6 is 0 Å². The van der Waals surface area contributed by atoms with Crippen molar-refractivity contribution in [2.45, 2.75) is 11.8 Å². The third-order valence-electron chi connectivity index (χ3n) is 6.80. The topological polar surface area (TPSA) is 134 Å². The molecule has 0 saturated heterocycles. The standard InChI is InChI=1S/C30H20N2O6S/c1-16-15-18(11-14-23(16)39(36,37)38)31-22-13-12-21-25-24(19-9-5-6-10-20(19)29(34)26(22)25)27(30(35)32-21)28(33)17-7-3-2-4-8-17/h2-15,31,33H,1H3,(H,36,37,38). The molecular formula is C30H20N2O6S. The van der Waals surface area contributed by atoms with Crippen molar-refractivity contribution in [1.82, 2.24) is 4.98 Å². The molecule has 1 aliphatic carbocycles. The van der Waals surface area contributed by atoms with Crippen LogP contribution in [0.4, 0.5) is 11.4 Å². The maximum absolute atomic E-state index is 13.9. The minimum Gasteiger partial charge on any atom is -0.506 e. The molecule has 1 aliphatic heterocycles. The van der Waals surface area contributed by atoms with Gasteiger partial charge in [0.2, 0.25) is 0 Å². The molecule has 0 radical (unpaired) electrons. The third-order valence-corrected chi connectivity index (χ3v) is 7.82. The Bertz CT molecular complexity index is 2290. The minimum absolute atomic E-state index is 0.000370. The van der Waals surface area contributed by atoms with Crippen molar-refractivity contribution in [2.75, 3.05) is 5.32 Å². The number of nitrogens with zero attached hydrogens (tertiary/aromatic N) is 1. The van der Waals surface area contributed by atoms with Crippen LogP contribution in [0.2, 0.25) is 0 Å². The number of aliphatic hydroxyl groups excluding tert-OH is 1. The van der Waals surface area contributed by atoms with E-state index in [1.165, 1.54) is 12.1 Å². The zero-order chi connectivity index (χ0) is 27.5. The number of nitrogens with one attached hydrogen (secondary N) is 1. The number of benzene rings is 4. The molecule has 0 fully saturated rings. The Hall–Kier alpha value is -4.86. The lowest BCUT2D eigenvalue weighted by molar-refractivity contribution is 0.482. The lowest BCUT2D eigenvalue weighted by Crippen LogP contribution is -2.33. The SMILES string of the molecule is Cc1cc(Nc2ccc3nc(=O)c(=C(O)c4ccccc4)c4c5ccccc5c(=O)c2c3=4)ccc1S(=O)(=O)O. The highest BCUT2D eigenvalue weighted by Gasteiger charge is 2.19. The van der Waals surface area contributed by atoms with Crippen molar-refractivity contribution in [3.8, 4) is 0 Å². The van der Waals surface area contributed by atoms with Crippen LogP contribution in [0.3, 0.4) is 0 Å². The average Bonchev–Trinajstić information content (AvgIpc) is 2.91. The van der Waals surface area contributed by atoms with Crippen molar-refractivity contribution in [2.24, 2.45) is 0 Å². The van der Waals surface area contributed by atoms with Gasteiger partial charge in [-0.15, -0.1) is 0 Å². The van der Waals surface area contributed by atoms with Crippen LogP contribution in [-0.2, 0) is 10.1 Å². The van der Waals surface area contributed by atoms with Gasteiger partial charge < -0.3 is 10.4 Å². The van der Waals surface area contributed by atoms with E-state index in [9.17, 15) is 27.7 Å². The predicted octanol–water partition coefficient (Wildman–Crippen LogP) is 4.00. The summed E-state index contributed by atoms with van der Waals surface area (Å²) >= 11 is 0. The number of hydrogen-bond acceptors (Lipinski definition) is 7. The van der Waals surface area contributed by atoms with E-state index in [0.717, 1.165) is 0 Å². The summed E-state index contributed by atoms with van der Waals surface area (Å²) < 4.78 is 32.7. The van der Waals surface area contributed by atoms with Gasteiger partial charge in [-0.05, 0) is 48.2 Å². The smallest absolute Gasteiger partial charge is 0.294 e. The van der Waals surface area contributed by atoms with Crippen LogP contribution < -0.4 is 21.5 Å². The number of hydrogen-bond donors (Lipinski definition) is 3. The van der Waals surface area contributed by atoms with Gasteiger partial charge in [0, 0.05) is 27.1 Å². The Balaban J connectivity index is 1.76. The second kappa shape index (κ2) is 8.87. The molecule has 39 heavy (non-hydrogen) atoms. The van der Waals surface area contributed by atoms with Gasteiger partial charge in [0.25, 0.3) is 15.7 Å². The van der Waals surface area contributed by atoms with Crippen molar-refractivity contribution >= 4 is 48.9 Å². The molecule has 0 spiro atoms. The number of anilines is 2. The molecule has 0 amide bonds. The summed E-state index contributed by atoms with van der Waals surface area (Å²) in [5, 5.41) is 16.5. The highest BCUT2D eigenvalue weighted by atomic mass is 32.2. The molecule has 192 valence electrons. The normalized spacial score (nSPS) is 12.8. The third kappa shape index (κ3) is 3.96. The Morgan fingerprint density at radius 1 is 0.846 bits per heavy atom. The van der Waals surface area contributed by atoms with Crippen molar-refractivity contribution in [3.63, 3.8) is 0 Å². The second-order valence-corrected chi connectivity index (χ2v) is 10.6. The van der Waals surface area contributed by atoms with E-state index >= 15 is 0 Å². The fraction of sp³-hybridized carbons (Fsp3) is 0.0333. The number of aromatic nitrogens is 1. The molecule has 0 aromatic heterocycles. The van der Waals surface area contributed by atoms with Gasteiger partial charge in [-0.2, -0.15) is 8.42 Å². The number of rotatable bonds is 4. The summed E-state index contributed by atoms with van der Waals surface area (Å²) in [4.78, 5) is 31.2. The van der Waals surface area contributed by atoms with E-state index in [2.05, 4.69) is 10.3 Å². The molecular weight excluding hydrogens is 516 g/mol. The lowest BCUT2D eigenvalue weighted by Gasteiger charge is -2.14. The van der Waals surface area contributed by atoms with Crippen molar-refractivity contribution < 1.29 is 18.1 Å². The first-order valence-corrected chi connectivity index (χ1v) is 13.4. The molecule has 0 atom stereocenters. The molecule has 0 saturated carbocycles. The molecule has 2 aliphatic rings. The first kappa shape index (κ1) is 24.5. The molecule has 1 heterocycles. The Morgan fingerprint density at radius 3 is 2.23 bits per heavy atom. The molecule has 0 bridgehead atoms. The fourth-order valence-electron chi connectivity index (χ4n) is 5.11. The summed E-state index contributed by atoms with van der Waals surface area (Å²) in [7, 11) is -4.39. The van der Waals surface area contributed by atoms with Crippen LogP contribution in [0.1, 0.15) is 11.1 Å². The molecule has 4 aromatic rings. The van der Waals surface area contributed by atoms with Crippen LogP contribution in [0.25, 0.3) is 27.4 Å². The summed E-state index contributed by atoms with van der Waals surface area (Å²) in [6, 6.07) is 23.1. The minimum atomic E-state index is -4.39. The van der Waals surface area contributed by atoms with Gasteiger partial charge in [0.15, 0.2) is 5.43 Å². The zero-order valence-corrected chi connectivity index (χ0v) is 21.3. The van der Waals surface area contributed by atoms with Gasteiger partial charge in [-0.3, -0.25) is 14.1 Å². The van der Waals surface area contributed by atoms with Gasteiger partial charge >= 0.3 is 0 Å². The number of aryl methyl sites for hydroxylation is 1. The average molecular weight is 537 g/mol. The second-order valence-electron chi connectivity index (χ2n) is 9.22. The van der Waals surface area contributed by atoms with E-state index in [4.69, 9.17) is 0 Å². The molecule has 3 N–H and O–H groups in total. The van der Waals surface area contributed by atoms with Crippen LogP contribution in [0, 0.1) is 17.4 Å². The molecule has 9 heteroatoms. The van der Waals surface area contributed by atoms with Crippen molar-refractivity contribution in [3.05, 3.63) is 132 Å². The highest BCUT2D eigenvalue weighted by molar-refractivity contribution is 7.85. The van der Waals surface area contributed by atoms with E-state index < -0.39 is 15.7 Å². The van der Waals surface area contributed by atoms with Gasteiger partial charge in [-0.25, -0.2) is 4.98 Å². The molecule has 4 aromatic carbocycles. The Kier molecular flexibility index (Phi) is 5.56. The monoisotopic (exact) mass is 536 g/mol. The van der Waals surface area contributed by atoms with E-state index in [1.807, 2.05) is 0 Å². The summed E-state index contributed by atoms with van der Waals surface area (Å²) in [5.74, 6) is -0.241. The highest BCUT2D eigenvalue weighted by Crippen LogP contribution is 2.28. The quantitative estimate of drug-likeness (QED) is 0.288. The fourth-order valence-corrected chi connectivity index (χ4v) is 5.82. The summed E-state index contributed by atoms with van der Waals surface area (Å²) in [6.07, 6.45) is 0. The summed E-state index contributed by atoms with van der Waals surface area (Å²) in [6.45, 7) is 1.55. The van der Waals surface area contributed by atoms with Gasteiger partial charge in [-0.1, -0.05) is 54.6 Å². The largest absolute Gasteiger partial charge is 0.506 e. The predicted molar refractivity (Wildman–Crippen MR) is 149 cm³/mol. The van der Waals surface area contributed by atoms with Gasteiger partial charge in [0.05, 0.1) is 26.7 Å². The Labute approximate surface area is 221 Å². The van der Waals surface area contributed by atoms with Crippen molar-refractivity contribution in [1.29, 1.82) is 0 Å². The molecule has 8 nitrogen and oxygen atoms in total. The lowest BCUT2D eigenvalue weighted by atomic mass is 9.96. The van der Waals surface area contributed by atoms with E-state index in [-0.39, 0.29) is 26.7 Å².